The van der Waals surface area contributed by atoms with Crippen LogP contribution in [0.5, 0.6) is 0 Å². The highest BCUT2D eigenvalue weighted by Crippen LogP contribution is 2.26. The topological polar surface area (TPSA) is 72.2 Å². The van der Waals surface area contributed by atoms with Crippen molar-refractivity contribution in [2.24, 2.45) is 0 Å². The Morgan fingerprint density at radius 2 is 1.80 bits per heavy atom. The third-order valence-electron chi connectivity index (χ3n) is 3.05. The summed E-state index contributed by atoms with van der Waals surface area (Å²) in [5.74, 6) is 0. The minimum absolute atomic E-state index is 0.305. The predicted molar refractivity (Wildman–Crippen MR) is 83.4 cm³/mol. The fourth-order valence-electron chi connectivity index (χ4n) is 2.02. The number of nitrogens with two attached hydrogens (primary N) is 1. The van der Waals surface area contributed by atoms with Gasteiger partial charge in [-0.3, -0.25) is 0 Å². The zero-order chi connectivity index (χ0) is 14.9. The first-order valence-corrected chi connectivity index (χ1v) is 8.54. The van der Waals surface area contributed by atoms with Crippen LogP contribution in [0.3, 0.4) is 0 Å². The van der Waals surface area contributed by atoms with E-state index < -0.39 is 10.0 Å². The average molecular weight is 310 g/mol. The molecule has 1 unspecified atom stereocenters. The van der Waals surface area contributed by atoms with Gasteiger partial charge in [0.15, 0.2) is 0 Å². The van der Waals surface area contributed by atoms with E-state index in [1.165, 1.54) is 11.3 Å². The van der Waals surface area contributed by atoms with Gasteiger partial charge in [-0.1, -0.05) is 12.1 Å². The largest absolute Gasteiger partial charge is 0.399 e. The number of sulfonamides is 1. The van der Waals surface area contributed by atoms with Gasteiger partial charge in [0.05, 0.1) is 4.90 Å². The Kier molecular flexibility index (Phi) is 4.17. The third-order valence-corrected chi connectivity index (χ3v) is 5.82. The molecule has 0 spiro atoms. The van der Waals surface area contributed by atoms with E-state index in [0.717, 1.165) is 15.3 Å². The summed E-state index contributed by atoms with van der Waals surface area (Å²) in [7, 11) is -3.50. The maximum atomic E-state index is 12.4. The van der Waals surface area contributed by atoms with Gasteiger partial charge in [0.1, 0.15) is 0 Å². The van der Waals surface area contributed by atoms with Gasteiger partial charge in [-0.2, -0.15) is 0 Å². The Morgan fingerprint density at radius 1 is 1.20 bits per heavy atom. The quantitative estimate of drug-likeness (QED) is 0.853. The molecule has 4 nitrogen and oxygen atoms in total. The third kappa shape index (κ3) is 3.20. The van der Waals surface area contributed by atoms with Crippen molar-refractivity contribution < 1.29 is 8.42 Å². The van der Waals surface area contributed by atoms with E-state index in [1.54, 1.807) is 18.2 Å². The number of hydrogen-bond acceptors (Lipinski definition) is 4. The summed E-state index contributed by atoms with van der Waals surface area (Å²) in [5, 5.41) is 0. The van der Waals surface area contributed by atoms with Crippen LogP contribution in [-0.2, 0) is 10.0 Å². The molecule has 20 heavy (non-hydrogen) atoms. The first kappa shape index (κ1) is 15.0. The summed E-state index contributed by atoms with van der Waals surface area (Å²) in [6, 6.07) is 8.58. The summed E-state index contributed by atoms with van der Waals surface area (Å²) in [6.45, 7) is 5.54. The number of aryl methyl sites for hydroxylation is 2. The molecule has 0 aliphatic rings. The van der Waals surface area contributed by atoms with Crippen LogP contribution in [0.4, 0.5) is 5.69 Å². The SMILES string of the molecule is Cc1cc(S(=O)(=O)NC(C)c2ccc(N)cc2)c(C)s1. The molecule has 1 aromatic heterocycles. The zero-order valence-corrected chi connectivity index (χ0v) is 13.3. The van der Waals surface area contributed by atoms with Crippen molar-refractivity contribution in [1.29, 1.82) is 0 Å². The molecule has 0 aliphatic carbocycles. The fourth-order valence-corrected chi connectivity index (χ4v) is 4.81. The zero-order valence-electron chi connectivity index (χ0n) is 11.7. The van der Waals surface area contributed by atoms with Crippen molar-refractivity contribution in [1.82, 2.24) is 4.72 Å². The van der Waals surface area contributed by atoms with Gasteiger partial charge >= 0.3 is 0 Å². The number of nitrogen functional groups attached to an aromatic ring is 1. The molecule has 0 amide bonds. The lowest BCUT2D eigenvalue weighted by atomic mass is 10.1. The number of rotatable bonds is 4. The van der Waals surface area contributed by atoms with Crippen LogP contribution in [-0.4, -0.2) is 8.42 Å². The van der Waals surface area contributed by atoms with E-state index in [4.69, 9.17) is 5.73 Å². The van der Waals surface area contributed by atoms with Crippen LogP contribution in [0.2, 0.25) is 0 Å². The molecular weight excluding hydrogens is 292 g/mol. The van der Waals surface area contributed by atoms with Crippen LogP contribution in [0.15, 0.2) is 35.2 Å². The summed E-state index contributed by atoms with van der Waals surface area (Å²) < 4.78 is 27.5. The fraction of sp³-hybridized carbons (Fsp3) is 0.286. The number of thiophene rings is 1. The molecule has 0 aliphatic heterocycles. The maximum absolute atomic E-state index is 12.4. The Balaban J connectivity index is 2.24. The minimum atomic E-state index is -3.50. The second-order valence-corrected chi connectivity index (χ2v) is 7.93. The molecule has 3 N–H and O–H groups in total. The molecule has 0 bridgehead atoms. The minimum Gasteiger partial charge on any atom is -0.399 e. The Hall–Kier alpha value is -1.37. The molecule has 1 aromatic carbocycles. The van der Waals surface area contributed by atoms with Gasteiger partial charge in [-0.25, -0.2) is 13.1 Å². The first-order valence-electron chi connectivity index (χ1n) is 6.24. The smallest absolute Gasteiger partial charge is 0.242 e. The van der Waals surface area contributed by atoms with Crippen LogP contribution < -0.4 is 10.5 Å². The number of anilines is 1. The molecule has 2 aromatic rings. The van der Waals surface area contributed by atoms with E-state index in [9.17, 15) is 8.42 Å². The Bertz CT molecular complexity index is 703. The van der Waals surface area contributed by atoms with E-state index in [1.807, 2.05) is 32.9 Å². The second kappa shape index (κ2) is 5.55. The van der Waals surface area contributed by atoms with Gasteiger partial charge in [-0.15, -0.1) is 11.3 Å². The molecule has 0 fully saturated rings. The number of benzene rings is 1. The van der Waals surface area contributed by atoms with Gasteiger partial charge in [0.2, 0.25) is 10.0 Å². The molecule has 1 heterocycles. The molecule has 1 atom stereocenters. The van der Waals surface area contributed by atoms with Crippen LogP contribution in [0.25, 0.3) is 0 Å². The van der Waals surface area contributed by atoms with Gasteiger partial charge in [0.25, 0.3) is 0 Å². The molecule has 0 radical (unpaired) electrons. The van der Waals surface area contributed by atoms with Gasteiger partial charge in [-0.05, 0) is 44.5 Å². The van der Waals surface area contributed by atoms with Gasteiger partial charge < -0.3 is 5.73 Å². The molecule has 6 heteroatoms. The molecule has 2 rings (SSSR count). The first-order chi connectivity index (χ1) is 9.29. The Morgan fingerprint density at radius 3 is 2.30 bits per heavy atom. The summed E-state index contributed by atoms with van der Waals surface area (Å²) in [4.78, 5) is 2.16. The van der Waals surface area contributed by atoms with Crippen molar-refractivity contribution in [3.8, 4) is 0 Å². The summed E-state index contributed by atoms with van der Waals surface area (Å²) in [6.07, 6.45) is 0. The van der Waals surface area contributed by atoms with E-state index >= 15 is 0 Å². The van der Waals surface area contributed by atoms with Crippen LogP contribution in [0.1, 0.15) is 28.3 Å². The Labute approximate surface area is 123 Å². The van der Waals surface area contributed by atoms with Gasteiger partial charge in [0, 0.05) is 21.5 Å². The summed E-state index contributed by atoms with van der Waals surface area (Å²) in [5.41, 5.74) is 7.17. The number of hydrogen-bond donors (Lipinski definition) is 2. The average Bonchev–Trinajstić information content (AvgIpc) is 2.69. The molecule has 0 saturated carbocycles. The molecular formula is C14H18N2O2S2. The lowest BCUT2D eigenvalue weighted by Gasteiger charge is -2.14. The predicted octanol–water partition coefficient (Wildman–Crippen LogP) is 2.99. The van der Waals surface area contributed by atoms with E-state index in [2.05, 4.69) is 4.72 Å². The number of nitrogens with one attached hydrogen (secondary N) is 1. The van der Waals surface area contributed by atoms with Crippen molar-refractivity contribution in [2.75, 3.05) is 5.73 Å². The lowest BCUT2D eigenvalue weighted by Crippen LogP contribution is -2.27. The van der Waals surface area contributed by atoms with Crippen molar-refractivity contribution in [3.63, 3.8) is 0 Å². The highest BCUT2D eigenvalue weighted by molar-refractivity contribution is 7.89. The summed E-state index contributed by atoms with van der Waals surface area (Å²) >= 11 is 1.49. The standard InChI is InChI=1S/C14H18N2O2S2/c1-9-8-14(11(3)19-9)20(17,18)16-10(2)12-4-6-13(15)7-5-12/h4-8,10,16H,15H2,1-3H3. The maximum Gasteiger partial charge on any atom is 0.242 e. The normalized spacial score (nSPS) is 13.3. The highest BCUT2D eigenvalue weighted by Gasteiger charge is 2.21. The molecule has 0 saturated heterocycles. The monoisotopic (exact) mass is 310 g/mol. The van der Waals surface area contributed by atoms with Crippen molar-refractivity contribution in [2.45, 2.75) is 31.7 Å². The second-order valence-electron chi connectivity index (χ2n) is 4.79. The molecule has 108 valence electrons. The lowest BCUT2D eigenvalue weighted by molar-refractivity contribution is 0.567. The van der Waals surface area contributed by atoms with Crippen LogP contribution in [0, 0.1) is 13.8 Å². The highest BCUT2D eigenvalue weighted by atomic mass is 32.2. The van der Waals surface area contributed by atoms with Crippen molar-refractivity contribution >= 4 is 27.0 Å². The van der Waals surface area contributed by atoms with E-state index in [-0.39, 0.29) is 6.04 Å². The van der Waals surface area contributed by atoms with Crippen molar-refractivity contribution in [3.05, 3.63) is 45.6 Å². The van der Waals surface area contributed by atoms with E-state index in [0.29, 0.717) is 10.6 Å². The van der Waals surface area contributed by atoms with Crippen LogP contribution >= 0.6 is 11.3 Å².